The van der Waals surface area contributed by atoms with Gasteiger partial charge in [0, 0.05) is 32.2 Å². The molecule has 1 aliphatic rings. The van der Waals surface area contributed by atoms with Crippen LogP contribution in [-0.4, -0.2) is 42.6 Å². The van der Waals surface area contributed by atoms with E-state index in [1.807, 2.05) is 0 Å². The van der Waals surface area contributed by atoms with Gasteiger partial charge in [0.2, 0.25) is 0 Å². The Balaban J connectivity index is 1.97. The summed E-state index contributed by atoms with van der Waals surface area (Å²) < 4.78 is 27.1. The van der Waals surface area contributed by atoms with Crippen molar-refractivity contribution >= 4 is 11.6 Å². The minimum absolute atomic E-state index is 0.0670. The summed E-state index contributed by atoms with van der Waals surface area (Å²) in [5, 5.41) is 5.72. The van der Waals surface area contributed by atoms with E-state index in [1.165, 1.54) is 0 Å². The van der Waals surface area contributed by atoms with Gasteiger partial charge >= 0.3 is 0 Å². The lowest BCUT2D eigenvalue weighted by Gasteiger charge is -2.32. The fraction of sp³-hybridized carbons (Fsp3) is 0.643. The van der Waals surface area contributed by atoms with Crippen LogP contribution in [0.5, 0.6) is 0 Å². The molecule has 2 rings (SSSR count). The highest BCUT2D eigenvalue weighted by Crippen LogP contribution is 2.21. The second-order valence-electron chi connectivity index (χ2n) is 5.16. The van der Waals surface area contributed by atoms with E-state index in [1.54, 1.807) is 7.05 Å². The maximum atomic E-state index is 13.7. The predicted octanol–water partition coefficient (Wildman–Crippen LogP) is 2.69. The molecule has 0 aromatic carbocycles. The van der Waals surface area contributed by atoms with Crippen molar-refractivity contribution in [1.29, 1.82) is 0 Å². The maximum Gasteiger partial charge on any atom is 0.168 e. The van der Waals surface area contributed by atoms with Gasteiger partial charge in [-0.05, 0) is 25.8 Å². The van der Waals surface area contributed by atoms with E-state index in [0.29, 0.717) is 0 Å². The van der Waals surface area contributed by atoms with Crippen LogP contribution in [-0.2, 0) is 0 Å². The quantitative estimate of drug-likeness (QED) is 0.872. The summed E-state index contributed by atoms with van der Waals surface area (Å²) in [6, 6.07) is 1.06. The lowest BCUT2D eigenvalue weighted by atomic mass is 10.0. The standard InChI is InChI=1S/C14H22F2N4/c1-3-6-20-7-4-10(5-8-20)18-14-12(16)9-11(15)13(17-2)19-14/h9-10H,3-8H2,1-2H3,(H2,17,18,19). The van der Waals surface area contributed by atoms with Crippen LogP contribution in [0, 0.1) is 11.6 Å². The van der Waals surface area contributed by atoms with Crippen LogP contribution in [0.2, 0.25) is 0 Å². The fourth-order valence-electron chi connectivity index (χ4n) is 2.55. The first-order chi connectivity index (χ1) is 9.63. The molecule has 112 valence electrons. The summed E-state index contributed by atoms with van der Waals surface area (Å²) in [4.78, 5) is 6.36. The Hall–Kier alpha value is -1.43. The highest BCUT2D eigenvalue weighted by molar-refractivity contribution is 5.47. The maximum absolute atomic E-state index is 13.7. The van der Waals surface area contributed by atoms with Crippen molar-refractivity contribution in [2.24, 2.45) is 0 Å². The molecular formula is C14H22F2N4. The molecule has 0 spiro atoms. The molecule has 0 amide bonds. The second kappa shape index (κ2) is 6.83. The minimum Gasteiger partial charge on any atom is -0.371 e. The highest BCUT2D eigenvalue weighted by Gasteiger charge is 2.20. The molecule has 20 heavy (non-hydrogen) atoms. The Labute approximate surface area is 118 Å². The summed E-state index contributed by atoms with van der Waals surface area (Å²) in [7, 11) is 1.57. The molecule has 2 heterocycles. The number of aromatic nitrogens is 1. The Bertz CT molecular complexity index is 445. The average Bonchev–Trinajstić information content (AvgIpc) is 2.44. The first kappa shape index (κ1) is 15.0. The van der Waals surface area contributed by atoms with Crippen LogP contribution in [0.25, 0.3) is 0 Å². The monoisotopic (exact) mass is 284 g/mol. The Morgan fingerprint density at radius 2 is 1.90 bits per heavy atom. The van der Waals surface area contributed by atoms with Gasteiger partial charge in [0.1, 0.15) is 0 Å². The molecular weight excluding hydrogens is 262 g/mol. The fourth-order valence-corrected chi connectivity index (χ4v) is 2.55. The molecule has 1 aliphatic heterocycles. The second-order valence-corrected chi connectivity index (χ2v) is 5.16. The summed E-state index contributed by atoms with van der Waals surface area (Å²) in [6.07, 6.45) is 3.05. The zero-order valence-corrected chi connectivity index (χ0v) is 12.0. The van der Waals surface area contributed by atoms with Crippen molar-refractivity contribution in [3.05, 3.63) is 17.7 Å². The van der Waals surface area contributed by atoms with Crippen molar-refractivity contribution in [2.75, 3.05) is 37.3 Å². The van der Waals surface area contributed by atoms with E-state index in [2.05, 4.69) is 27.4 Å². The molecule has 2 N–H and O–H groups in total. The zero-order valence-electron chi connectivity index (χ0n) is 12.0. The first-order valence-electron chi connectivity index (χ1n) is 7.16. The van der Waals surface area contributed by atoms with Gasteiger partial charge < -0.3 is 15.5 Å². The van der Waals surface area contributed by atoms with Gasteiger partial charge in [-0.15, -0.1) is 0 Å². The lowest BCUT2D eigenvalue weighted by Crippen LogP contribution is -2.39. The van der Waals surface area contributed by atoms with Crippen molar-refractivity contribution < 1.29 is 8.78 Å². The summed E-state index contributed by atoms with van der Waals surface area (Å²) in [5.41, 5.74) is 0. The van der Waals surface area contributed by atoms with E-state index in [-0.39, 0.29) is 17.7 Å². The molecule has 1 aromatic heterocycles. The molecule has 0 radical (unpaired) electrons. The summed E-state index contributed by atoms with van der Waals surface area (Å²) in [6.45, 7) is 5.29. The van der Waals surface area contributed by atoms with Gasteiger partial charge in [0.05, 0.1) is 0 Å². The molecule has 0 atom stereocenters. The predicted molar refractivity (Wildman–Crippen MR) is 77.1 cm³/mol. The molecule has 0 bridgehead atoms. The van der Waals surface area contributed by atoms with Crippen LogP contribution in [0.15, 0.2) is 6.07 Å². The SMILES string of the molecule is CCCN1CCC(Nc2nc(NC)c(F)cc2F)CC1. The number of nitrogens with one attached hydrogen (secondary N) is 2. The molecule has 4 nitrogen and oxygen atoms in total. The van der Waals surface area contributed by atoms with Gasteiger partial charge in [0.15, 0.2) is 23.3 Å². The molecule has 0 unspecified atom stereocenters. The van der Waals surface area contributed by atoms with Gasteiger partial charge in [-0.2, -0.15) is 0 Å². The largest absolute Gasteiger partial charge is 0.371 e. The normalized spacial score (nSPS) is 17.2. The molecule has 0 saturated carbocycles. The van der Waals surface area contributed by atoms with Gasteiger partial charge in [0.25, 0.3) is 0 Å². The molecule has 6 heteroatoms. The van der Waals surface area contributed by atoms with Gasteiger partial charge in [-0.1, -0.05) is 6.92 Å². The summed E-state index contributed by atoms with van der Waals surface area (Å²) >= 11 is 0. The van der Waals surface area contributed by atoms with Crippen LogP contribution in [0.4, 0.5) is 20.4 Å². The van der Waals surface area contributed by atoms with E-state index < -0.39 is 11.6 Å². The van der Waals surface area contributed by atoms with Crippen LogP contribution >= 0.6 is 0 Å². The Morgan fingerprint density at radius 3 is 2.50 bits per heavy atom. The third-order valence-corrected chi connectivity index (χ3v) is 3.63. The number of likely N-dealkylation sites (tertiary alicyclic amines) is 1. The third kappa shape index (κ3) is 3.56. The first-order valence-corrected chi connectivity index (χ1v) is 7.16. The number of hydrogen-bond acceptors (Lipinski definition) is 4. The van der Waals surface area contributed by atoms with Crippen molar-refractivity contribution in [2.45, 2.75) is 32.2 Å². The van der Waals surface area contributed by atoms with E-state index in [9.17, 15) is 8.78 Å². The van der Waals surface area contributed by atoms with Crippen molar-refractivity contribution in [1.82, 2.24) is 9.88 Å². The van der Waals surface area contributed by atoms with Gasteiger partial charge in [-0.3, -0.25) is 0 Å². The summed E-state index contributed by atoms with van der Waals surface area (Å²) in [5.74, 6) is -1.12. The van der Waals surface area contributed by atoms with E-state index in [0.717, 1.165) is 45.0 Å². The molecule has 0 aliphatic carbocycles. The third-order valence-electron chi connectivity index (χ3n) is 3.63. The highest BCUT2D eigenvalue weighted by atomic mass is 19.1. The van der Waals surface area contributed by atoms with E-state index in [4.69, 9.17) is 0 Å². The number of hydrogen-bond donors (Lipinski definition) is 2. The number of rotatable bonds is 5. The number of piperidine rings is 1. The Kier molecular flexibility index (Phi) is 5.11. The molecule has 1 saturated heterocycles. The van der Waals surface area contributed by atoms with Crippen LogP contribution in [0.1, 0.15) is 26.2 Å². The number of halogens is 2. The van der Waals surface area contributed by atoms with Crippen LogP contribution in [0.3, 0.4) is 0 Å². The molecule has 1 aromatic rings. The van der Waals surface area contributed by atoms with E-state index >= 15 is 0 Å². The lowest BCUT2D eigenvalue weighted by molar-refractivity contribution is 0.219. The van der Waals surface area contributed by atoms with Crippen LogP contribution < -0.4 is 10.6 Å². The minimum atomic E-state index is -0.673. The Morgan fingerprint density at radius 1 is 1.25 bits per heavy atom. The average molecular weight is 284 g/mol. The van der Waals surface area contributed by atoms with Gasteiger partial charge in [-0.25, -0.2) is 13.8 Å². The number of pyridine rings is 1. The smallest absolute Gasteiger partial charge is 0.168 e. The molecule has 1 fully saturated rings. The van der Waals surface area contributed by atoms with Crippen molar-refractivity contribution in [3.63, 3.8) is 0 Å². The number of nitrogens with zero attached hydrogens (tertiary/aromatic N) is 2. The number of anilines is 2. The van der Waals surface area contributed by atoms with Crippen molar-refractivity contribution in [3.8, 4) is 0 Å². The zero-order chi connectivity index (χ0) is 14.5. The topological polar surface area (TPSA) is 40.2 Å².